The summed E-state index contributed by atoms with van der Waals surface area (Å²) < 4.78 is 5.30. The molecular formula is C15H18N4O3. The van der Waals surface area contributed by atoms with E-state index in [-0.39, 0.29) is 18.4 Å². The molecule has 0 atom stereocenters. The van der Waals surface area contributed by atoms with E-state index in [4.69, 9.17) is 15.9 Å². The lowest BCUT2D eigenvalue weighted by molar-refractivity contribution is -0.136. The Kier molecular flexibility index (Phi) is 3.94. The first-order chi connectivity index (χ1) is 10.7. The molecule has 1 fully saturated rings. The Hall–Kier alpha value is -2.20. The van der Waals surface area contributed by atoms with Crippen LogP contribution in [0, 0.1) is 12.3 Å². The first kappa shape index (κ1) is 14.7. The number of rotatable bonds is 7. The van der Waals surface area contributed by atoms with Gasteiger partial charge in [0, 0.05) is 38.8 Å². The average molecular weight is 302 g/mol. The van der Waals surface area contributed by atoms with Gasteiger partial charge in [0.15, 0.2) is 12.1 Å². The number of hydrogen-bond acceptors (Lipinski definition) is 6. The zero-order chi connectivity index (χ0) is 15.6. The molecule has 7 heteroatoms. The molecule has 2 aliphatic rings. The number of nitrogens with zero attached hydrogens (tertiary/aromatic N) is 4. The molecule has 3 rings (SSSR count). The van der Waals surface area contributed by atoms with E-state index >= 15 is 0 Å². The van der Waals surface area contributed by atoms with Crippen molar-refractivity contribution in [3.63, 3.8) is 0 Å². The van der Waals surface area contributed by atoms with Gasteiger partial charge in [-0.3, -0.25) is 4.79 Å². The van der Waals surface area contributed by atoms with Crippen LogP contribution in [0.25, 0.3) is 0 Å². The van der Waals surface area contributed by atoms with E-state index in [1.807, 2.05) is 0 Å². The summed E-state index contributed by atoms with van der Waals surface area (Å²) in [5, 5.41) is 17.2. The van der Waals surface area contributed by atoms with Gasteiger partial charge in [0.05, 0.1) is 12.5 Å². The molecule has 0 bridgehead atoms. The molecular weight excluding hydrogens is 284 g/mol. The third-order valence-electron chi connectivity index (χ3n) is 4.22. The van der Waals surface area contributed by atoms with Crippen molar-refractivity contribution in [2.45, 2.75) is 43.9 Å². The van der Waals surface area contributed by atoms with Crippen LogP contribution in [0.2, 0.25) is 0 Å². The molecule has 1 N–H and O–H groups in total. The minimum Gasteiger partial charge on any atom is -0.448 e. The van der Waals surface area contributed by atoms with Crippen LogP contribution in [0.4, 0.5) is 0 Å². The fourth-order valence-electron chi connectivity index (χ4n) is 2.71. The number of aliphatic hydroxyl groups is 1. The van der Waals surface area contributed by atoms with E-state index in [1.165, 1.54) is 6.39 Å². The van der Waals surface area contributed by atoms with Gasteiger partial charge in [-0.05, 0) is 0 Å². The average Bonchev–Trinajstić information content (AvgIpc) is 3.10. The minimum atomic E-state index is -0.402. The SMILES string of the molecule is C#CCCC1(CCC(=O)N2CC(c3ocnc3CO)C2)N=N1. The molecule has 0 radical (unpaired) electrons. The molecule has 0 saturated carbocycles. The summed E-state index contributed by atoms with van der Waals surface area (Å²) in [6, 6.07) is 0. The topological polar surface area (TPSA) is 91.3 Å². The number of hydrogen-bond donors (Lipinski definition) is 1. The van der Waals surface area contributed by atoms with Crippen molar-refractivity contribution in [3.8, 4) is 12.3 Å². The maximum atomic E-state index is 12.1. The van der Waals surface area contributed by atoms with Gasteiger partial charge in [-0.15, -0.1) is 12.3 Å². The number of likely N-dealkylation sites (tertiary alicyclic amines) is 1. The molecule has 2 aliphatic heterocycles. The quantitative estimate of drug-likeness (QED) is 0.772. The van der Waals surface area contributed by atoms with Crippen LogP contribution >= 0.6 is 0 Å². The molecule has 1 amide bonds. The van der Waals surface area contributed by atoms with E-state index < -0.39 is 5.66 Å². The number of amides is 1. The van der Waals surface area contributed by atoms with Crippen molar-refractivity contribution in [3.05, 3.63) is 17.8 Å². The summed E-state index contributed by atoms with van der Waals surface area (Å²) in [5.74, 6) is 3.48. The molecule has 0 aromatic carbocycles. The Morgan fingerprint density at radius 2 is 2.27 bits per heavy atom. The number of carbonyl (C=O) groups is 1. The highest BCUT2D eigenvalue weighted by atomic mass is 16.3. The standard InChI is InChI=1S/C15H18N4O3/c1-2-3-5-15(17-18-15)6-4-13(21)19-7-11(8-19)14-12(9-20)16-10-22-14/h1,10-11,20H,3-9H2. The summed E-state index contributed by atoms with van der Waals surface area (Å²) in [7, 11) is 0. The van der Waals surface area contributed by atoms with Crippen LogP contribution in [0.1, 0.15) is 43.1 Å². The maximum absolute atomic E-state index is 12.1. The Bertz CT molecular complexity index is 619. The van der Waals surface area contributed by atoms with Crippen LogP contribution in [-0.4, -0.2) is 39.6 Å². The number of aliphatic hydroxyl groups excluding tert-OH is 1. The van der Waals surface area contributed by atoms with Crippen molar-refractivity contribution in [1.82, 2.24) is 9.88 Å². The van der Waals surface area contributed by atoms with Gasteiger partial charge in [-0.2, -0.15) is 10.2 Å². The Balaban J connectivity index is 1.43. The van der Waals surface area contributed by atoms with Gasteiger partial charge in [-0.1, -0.05) is 0 Å². The molecule has 0 unspecified atom stereocenters. The van der Waals surface area contributed by atoms with Gasteiger partial charge in [0.2, 0.25) is 5.91 Å². The van der Waals surface area contributed by atoms with Gasteiger partial charge in [-0.25, -0.2) is 4.98 Å². The highest BCUT2D eigenvalue weighted by Crippen LogP contribution is 2.38. The Morgan fingerprint density at radius 3 is 2.91 bits per heavy atom. The zero-order valence-electron chi connectivity index (χ0n) is 12.2. The largest absolute Gasteiger partial charge is 0.448 e. The fourth-order valence-corrected chi connectivity index (χ4v) is 2.71. The van der Waals surface area contributed by atoms with Crippen LogP contribution in [0.5, 0.6) is 0 Å². The highest BCUT2D eigenvalue weighted by molar-refractivity contribution is 5.77. The summed E-state index contributed by atoms with van der Waals surface area (Å²) in [6.45, 7) is 1.07. The lowest BCUT2D eigenvalue weighted by atomic mass is 9.94. The monoisotopic (exact) mass is 302 g/mol. The molecule has 7 nitrogen and oxygen atoms in total. The summed E-state index contributed by atoms with van der Waals surface area (Å²) in [6.07, 6.45) is 8.97. The van der Waals surface area contributed by atoms with E-state index in [1.54, 1.807) is 4.90 Å². The van der Waals surface area contributed by atoms with E-state index in [2.05, 4.69) is 21.1 Å². The molecule has 0 spiro atoms. The first-order valence-corrected chi connectivity index (χ1v) is 7.36. The van der Waals surface area contributed by atoms with Gasteiger partial charge >= 0.3 is 0 Å². The summed E-state index contributed by atoms with van der Waals surface area (Å²) in [5.41, 5.74) is 0.155. The number of aromatic nitrogens is 1. The predicted molar refractivity (Wildman–Crippen MR) is 76.6 cm³/mol. The summed E-state index contributed by atoms with van der Waals surface area (Å²) in [4.78, 5) is 17.9. The first-order valence-electron chi connectivity index (χ1n) is 7.36. The van der Waals surface area contributed by atoms with Gasteiger partial charge in [0.25, 0.3) is 0 Å². The number of terminal acetylenes is 1. The zero-order valence-corrected chi connectivity index (χ0v) is 12.2. The van der Waals surface area contributed by atoms with Crippen LogP contribution in [0.15, 0.2) is 21.0 Å². The molecule has 3 heterocycles. The molecule has 1 aromatic heterocycles. The highest BCUT2D eigenvalue weighted by Gasteiger charge is 2.41. The fraction of sp³-hybridized carbons (Fsp3) is 0.600. The van der Waals surface area contributed by atoms with Crippen molar-refractivity contribution < 1.29 is 14.3 Å². The second-order valence-corrected chi connectivity index (χ2v) is 5.70. The third-order valence-corrected chi connectivity index (χ3v) is 4.22. The van der Waals surface area contributed by atoms with E-state index in [0.29, 0.717) is 43.8 Å². The van der Waals surface area contributed by atoms with Crippen molar-refractivity contribution >= 4 is 5.91 Å². The van der Waals surface area contributed by atoms with Crippen molar-refractivity contribution in [2.75, 3.05) is 13.1 Å². The lowest BCUT2D eigenvalue weighted by Crippen LogP contribution is -2.48. The molecule has 1 saturated heterocycles. The Labute approximate surface area is 128 Å². The normalized spacial score (nSPS) is 18.8. The second kappa shape index (κ2) is 5.89. The van der Waals surface area contributed by atoms with Crippen LogP contribution in [0.3, 0.4) is 0 Å². The van der Waals surface area contributed by atoms with Gasteiger partial charge < -0.3 is 14.4 Å². The molecule has 0 aliphatic carbocycles. The van der Waals surface area contributed by atoms with Crippen molar-refractivity contribution in [2.24, 2.45) is 10.2 Å². The lowest BCUT2D eigenvalue weighted by Gasteiger charge is -2.38. The van der Waals surface area contributed by atoms with E-state index in [0.717, 1.165) is 6.42 Å². The predicted octanol–water partition coefficient (Wildman–Crippen LogP) is 1.45. The Morgan fingerprint density at radius 1 is 1.50 bits per heavy atom. The minimum absolute atomic E-state index is 0.0960. The number of oxazole rings is 1. The van der Waals surface area contributed by atoms with Gasteiger partial charge in [0.1, 0.15) is 11.5 Å². The second-order valence-electron chi connectivity index (χ2n) is 5.70. The molecule has 22 heavy (non-hydrogen) atoms. The number of carbonyl (C=O) groups excluding carboxylic acids is 1. The third kappa shape index (κ3) is 2.88. The van der Waals surface area contributed by atoms with E-state index in [9.17, 15) is 4.79 Å². The van der Waals surface area contributed by atoms with Crippen LogP contribution in [-0.2, 0) is 11.4 Å². The summed E-state index contributed by atoms with van der Waals surface area (Å²) >= 11 is 0. The van der Waals surface area contributed by atoms with Crippen LogP contribution < -0.4 is 0 Å². The van der Waals surface area contributed by atoms with Crippen molar-refractivity contribution in [1.29, 1.82) is 0 Å². The maximum Gasteiger partial charge on any atom is 0.222 e. The molecule has 116 valence electrons. The molecule has 1 aromatic rings. The smallest absolute Gasteiger partial charge is 0.222 e.